The molecule has 0 unspecified atom stereocenters. The summed E-state index contributed by atoms with van der Waals surface area (Å²) in [6.07, 6.45) is 0. The van der Waals surface area contributed by atoms with E-state index in [1.165, 1.54) is 12.1 Å². The molecule has 0 saturated heterocycles. The smallest absolute Gasteiger partial charge is 0.354 e. The summed E-state index contributed by atoms with van der Waals surface area (Å²) < 4.78 is 0. The number of rotatable bonds is 3. The molecule has 5 heteroatoms. The Labute approximate surface area is 111 Å². The van der Waals surface area contributed by atoms with E-state index in [0.29, 0.717) is 11.5 Å². The molecule has 0 saturated carbocycles. The minimum Gasteiger partial charge on any atom is -0.477 e. The summed E-state index contributed by atoms with van der Waals surface area (Å²) in [5.74, 6) is -0.724. The molecule has 1 aromatic carbocycles. The monoisotopic (exact) mass is 257 g/mol. The van der Waals surface area contributed by atoms with E-state index >= 15 is 0 Å². The highest BCUT2D eigenvalue weighted by Gasteiger charge is 2.10. The van der Waals surface area contributed by atoms with E-state index in [-0.39, 0.29) is 5.69 Å². The van der Waals surface area contributed by atoms with Crippen LogP contribution in [0.2, 0.25) is 0 Å². The van der Waals surface area contributed by atoms with E-state index < -0.39 is 5.97 Å². The molecule has 0 aliphatic rings. The molecule has 0 bridgehead atoms. The average molecular weight is 257 g/mol. The highest BCUT2D eigenvalue weighted by molar-refractivity contribution is 5.87. The van der Waals surface area contributed by atoms with Gasteiger partial charge in [0, 0.05) is 5.69 Å². The molecule has 1 heterocycles. The third-order valence-corrected chi connectivity index (χ3v) is 3.00. The van der Waals surface area contributed by atoms with Gasteiger partial charge in [-0.05, 0) is 43.2 Å². The number of nitrogens with two attached hydrogens (primary N) is 1. The number of aromatic carboxylic acids is 1. The topological polar surface area (TPSA) is 88.2 Å². The summed E-state index contributed by atoms with van der Waals surface area (Å²) in [5, 5.41) is 12.0. The average Bonchev–Trinajstić information content (AvgIpc) is 2.37. The molecule has 0 aliphatic heterocycles. The van der Waals surface area contributed by atoms with Gasteiger partial charge in [0.05, 0.1) is 5.69 Å². The van der Waals surface area contributed by atoms with E-state index in [1.807, 2.05) is 32.0 Å². The van der Waals surface area contributed by atoms with Crippen molar-refractivity contribution in [1.82, 2.24) is 4.98 Å². The van der Waals surface area contributed by atoms with Crippen molar-refractivity contribution < 1.29 is 9.90 Å². The highest BCUT2D eigenvalue weighted by Crippen LogP contribution is 2.25. The molecule has 0 aliphatic carbocycles. The fourth-order valence-electron chi connectivity index (χ4n) is 1.70. The number of nitrogens with zero attached hydrogens (tertiary/aromatic N) is 1. The Kier molecular flexibility index (Phi) is 3.37. The Morgan fingerprint density at radius 3 is 2.68 bits per heavy atom. The molecule has 19 heavy (non-hydrogen) atoms. The maximum absolute atomic E-state index is 10.9. The second-order valence-electron chi connectivity index (χ2n) is 4.31. The molecule has 98 valence electrons. The van der Waals surface area contributed by atoms with Crippen LogP contribution in [-0.4, -0.2) is 16.1 Å². The number of benzene rings is 1. The van der Waals surface area contributed by atoms with Gasteiger partial charge in [-0.25, -0.2) is 9.78 Å². The largest absolute Gasteiger partial charge is 0.477 e. The van der Waals surface area contributed by atoms with E-state index in [1.54, 1.807) is 0 Å². The van der Waals surface area contributed by atoms with Gasteiger partial charge in [-0.1, -0.05) is 12.1 Å². The van der Waals surface area contributed by atoms with Gasteiger partial charge in [0.1, 0.15) is 0 Å². The Balaban J connectivity index is 2.40. The normalized spacial score (nSPS) is 10.2. The van der Waals surface area contributed by atoms with Crippen LogP contribution in [0.15, 0.2) is 30.3 Å². The van der Waals surface area contributed by atoms with Gasteiger partial charge >= 0.3 is 5.97 Å². The summed E-state index contributed by atoms with van der Waals surface area (Å²) in [4.78, 5) is 14.9. The maximum Gasteiger partial charge on any atom is 0.354 e. The molecule has 0 radical (unpaired) electrons. The third kappa shape index (κ3) is 2.65. The lowest BCUT2D eigenvalue weighted by molar-refractivity contribution is 0.0690. The Morgan fingerprint density at radius 2 is 2.00 bits per heavy atom. The minimum absolute atomic E-state index is 0.0398. The molecule has 0 spiro atoms. The highest BCUT2D eigenvalue weighted by atomic mass is 16.4. The zero-order chi connectivity index (χ0) is 14.0. The first-order valence-electron chi connectivity index (χ1n) is 5.82. The molecule has 5 nitrogen and oxygen atoms in total. The van der Waals surface area contributed by atoms with Gasteiger partial charge in [-0.2, -0.15) is 0 Å². The molecule has 0 amide bonds. The lowest BCUT2D eigenvalue weighted by Crippen LogP contribution is -2.06. The number of hydrogen-bond donors (Lipinski definition) is 3. The van der Waals surface area contributed by atoms with Gasteiger partial charge < -0.3 is 16.2 Å². The van der Waals surface area contributed by atoms with Crippen LogP contribution >= 0.6 is 0 Å². The number of carboxylic acids is 1. The second kappa shape index (κ2) is 4.97. The number of nitrogens with one attached hydrogen (secondary N) is 1. The Bertz CT molecular complexity index is 639. The number of carboxylic acid groups (broad SMARTS) is 1. The first-order valence-corrected chi connectivity index (χ1v) is 5.82. The summed E-state index contributed by atoms with van der Waals surface area (Å²) >= 11 is 0. The summed E-state index contributed by atoms with van der Waals surface area (Å²) in [6, 6.07) is 8.74. The van der Waals surface area contributed by atoms with Gasteiger partial charge in [-0.3, -0.25) is 0 Å². The van der Waals surface area contributed by atoms with E-state index in [9.17, 15) is 4.79 Å². The van der Waals surface area contributed by atoms with Crippen molar-refractivity contribution in [2.45, 2.75) is 13.8 Å². The molecule has 0 atom stereocenters. The van der Waals surface area contributed by atoms with Crippen molar-refractivity contribution in [3.63, 3.8) is 0 Å². The van der Waals surface area contributed by atoms with Crippen molar-refractivity contribution in [1.29, 1.82) is 0 Å². The van der Waals surface area contributed by atoms with Gasteiger partial charge in [-0.15, -0.1) is 0 Å². The maximum atomic E-state index is 10.9. The lowest BCUT2D eigenvalue weighted by atomic mass is 10.1. The summed E-state index contributed by atoms with van der Waals surface area (Å²) in [7, 11) is 0. The lowest BCUT2D eigenvalue weighted by Gasteiger charge is -2.12. The van der Waals surface area contributed by atoms with Gasteiger partial charge in [0.15, 0.2) is 11.5 Å². The number of anilines is 3. The summed E-state index contributed by atoms with van der Waals surface area (Å²) in [5.41, 5.74) is 9.25. The predicted octanol–water partition coefficient (Wildman–Crippen LogP) is 2.72. The van der Waals surface area contributed by atoms with Crippen LogP contribution in [0.1, 0.15) is 21.6 Å². The van der Waals surface area contributed by atoms with Crippen LogP contribution in [-0.2, 0) is 0 Å². The minimum atomic E-state index is -1.08. The molecule has 2 rings (SSSR count). The van der Waals surface area contributed by atoms with Crippen LogP contribution in [0, 0.1) is 13.8 Å². The number of carbonyl (C=O) groups is 1. The Morgan fingerprint density at radius 1 is 1.26 bits per heavy atom. The van der Waals surface area contributed by atoms with E-state index in [4.69, 9.17) is 10.8 Å². The SMILES string of the molecule is Cc1cccc(Nc2nc(C(=O)O)ccc2N)c1C. The van der Waals surface area contributed by atoms with Crippen LogP contribution in [0.5, 0.6) is 0 Å². The van der Waals surface area contributed by atoms with Crippen molar-refractivity contribution in [3.05, 3.63) is 47.2 Å². The number of aryl methyl sites for hydroxylation is 1. The molecule has 2 aromatic rings. The van der Waals surface area contributed by atoms with Crippen molar-refractivity contribution in [2.24, 2.45) is 0 Å². The van der Waals surface area contributed by atoms with Crippen LogP contribution < -0.4 is 11.1 Å². The van der Waals surface area contributed by atoms with Crippen molar-refractivity contribution >= 4 is 23.2 Å². The first-order chi connectivity index (χ1) is 8.99. The van der Waals surface area contributed by atoms with Crippen LogP contribution in [0.25, 0.3) is 0 Å². The number of nitrogen functional groups attached to an aromatic ring is 1. The number of pyridine rings is 1. The fraction of sp³-hybridized carbons (Fsp3) is 0.143. The summed E-state index contributed by atoms with van der Waals surface area (Å²) in [6.45, 7) is 3.99. The Hall–Kier alpha value is -2.56. The van der Waals surface area contributed by atoms with Gasteiger partial charge in [0.25, 0.3) is 0 Å². The van der Waals surface area contributed by atoms with Gasteiger partial charge in [0.2, 0.25) is 0 Å². The third-order valence-electron chi connectivity index (χ3n) is 3.00. The predicted molar refractivity (Wildman–Crippen MR) is 74.8 cm³/mol. The molecule has 0 fully saturated rings. The number of aromatic nitrogens is 1. The zero-order valence-electron chi connectivity index (χ0n) is 10.8. The van der Waals surface area contributed by atoms with Crippen molar-refractivity contribution in [3.8, 4) is 0 Å². The van der Waals surface area contributed by atoms with Crippen molar-refractivity contribution in [2.75, 3.05) is 11.1 Å². The fourth-order valence-corrected chi connectivity index (χ4v) is 1.70. The first kappa shape index (κ1) is 12.9. The zero-order valence-corrected chi connectivity index (χ0v) is 10.8. The molecular weight excluding hydrogens is 242 g/mol. The number of hydrogen-bond acceptors (Lipinski definition) is 4. The standard InChI is InChI=1S/C14H15N3O2/c1-8-4-3-5-11(9(8)2)16-13-10(15)6-7-12(17-13)14(18)19/h3-7H,15H2,1-2H3,(H,16,17)(H,18,19). The second-order valence-corrected chi connectivity index (χ2v) is 4.31. The van der Waals surface area contributed by atoms with Crippen LogP contribution in [0.3, 0.4) is 0 Å². The molecule has 1 aromatic heterocycles. The van der Waals surface area contributed by atoms with E-state index in [2.05, 4.69) is 10.3 Å². The quantitative estimate of drug-likeness (QED) is 0.786. The van der Waals surface area contributed by atoms with Crippen LogP contribution in [0.4, 0.5) is 17.2 Å². The van der Waals surface area contributed by atoms with E-state index in [0.717, 1.165) is 16.8 Å². The molecular formula is C14H15N3O2. The molecule has 4 N–H and O–H groups in total.